The fourth-order valence-electron chi connectivity index (χ4n) is 3.00. The number of nitro groups is 1. The van der Waals surface area contributed by atoms with Crippen molar-refractivity contribution in [2.75, 3.05) is 4.90 Å². The Hall–Kier alpha value is -4.44. The molecule has 0 radical (unpaired) electrons. The van der Waals surface area contributed by atoms with Crippen LogP contribution in [0.3, 0.4) is 0 Å². The summed E-state index contributed by atoms with van der Waals surface area (Å²) in [5, 5.41) is 18.3. The second-order valence-corrected chi connectivity index (χ2v) is 7.68. The molecule has 1 saturated heterocycles. The summed E-state index contributed by atoms with van der Waals surface area (Å²) in [6, 6.07) is 4.93. The van der Waals surface area contributed by atoms with E-state index in [0.29, 0.717) is 22.6 Å². The Morgan fingerprint density at radius 1 is 1.11 bits per heavy atom. The smallest absolute Gasteiger partial charge is 0.475 e. The van der Waals surface area contributed by atoms with E-state index in [1.165, 1.54) is 31.1 Å². The van der Waals surface area contributed by atoms with Crippen molar-refractivity contribution >= 4 is 29.3 Å². The first-order valence-electron chi connectivity index (χ1n) is 9.75. The van der Waals surface area contributed by atoms with Crippen molar-refractivity contribution in [3.05, 3.63) is 58.4 Å². The van der Waals surface area contributed by atoms with E-state index in [2.05, 4.69) is 9.72 Å². The van der Waals surface area contributed by atoms with Crippen LogP contribution in [0.15, 0.2) is 42.7 Å². The number of carbonyl (C=O) groups is 3. The minimum atomic E-state index is -5.14. The van der Waals surface area contributed by atoms with E-state index in [-0.39, 0.29) is 12.2 Å². The van der Waals surface area contributed by atoms with Gasteiger partial charge in [0.1, 0.15) is 5.54 Å². The fraction of sp³-hybridized carbons (Fsp3) is 0.300. The molecular weight excluding hydrogens is 522 g/mol. The van der Waals surface area contributed by atoms with Crippen molar-refractivity contribution in [1.82, 2.24) is 9.88 Å². The molecule has 2 heterocycles. The monoisotopic (exact) mass is 538 g/mol. The first-order chi connectivity index (χ1) is 16.9. The number of anilines is 1. The van der Waals surface area contributed by atoms with Crippen molar-refractivity contribution in [2.24, 2.45) is 0 Å². The number of imide groups is 1. The van der Waals surface area contributed by atoms with Crippen molar-refractivity contribution in [1.29, 1.82) is 0 Å². The minimum absolute atomic E-state index is 0.0634. The molecule has 1 aliphatic heterocycles. The number of hydrogen-bond acceptors (Lipinski definition) is 7. The molecular formula is C20H16F6N4O7. The number of aromatic nitrogens is 1. The molecule has 3 amide bonds. The average molecular weight is 538 g/mol. The van der Waals surface area contributed by atoms with E-state index >= 15 is 0 Å². The number of aliphatic carboxylic acids is 1. The van der Waals surface area contributed by atoms with Crippen LogP contribution in [0.1, 0.15) is 19.4 Å². The van der Waals surface area contributed by atoms with Gasteiger partial charge in [0.15, 0.2) is 0 Å². The summed E-state index contributed by atoms with van der Waals surface area (Å²) in [6.07, 6.45) is -7.19. The van der Waals surface area contributed by atoms with Gasteiger partial charge in [0.2, 0.25) is 5.75 Å². The van der Waals surface area contributed by atoms with Gasteiger partial charge in [-0.1, -0.05) is 0 Å². The van der Waals surface area contributed by atoms with Gasteiger partial charge in [-0.05, 0) is 43.7 Å². The molecule has 1 aromatic carbocycles. The first kappa shape index (κ1) is 28.8. The number of hydrogen-bond donors (Lipinski definition) is 1. The van der Waals surface area contributed by atoms with E-state index in [9.17, 15) is 46.0 Å². The van der Waals surface area contributed by atoms with Crippen LogP contribution in [0.5, 0.6) is 5.75 Å². The number of nitro benzene ring substituents is 1. The lowest BCUT2D eigenvalue weighted by Gasteiger charge is -2.27. The zero-order chi connectivity index (χ0) is 28.3. The third-order valence-corrected chi connectivity index (χ3v) is 4.78. The Bertz CT molecular complexity index is 1200. The lowest BCUT2D eigenvalue weighted by molar-refractivity contribution is -0.388. The van der Waals surface area contributed by atoms with Crippen LogP contribution in [0.2, 0.25) is 0 Å². The summed E-state index contributed by atoms with van der Waals surface area (Å²) >= 11 is 0. The number of carbonyl (C=O) groups excluding carboxylic acids is 2. The Morgan fingerprint density at radius 3 is 2.11 bits per heavy atom. The van der Waals surface area contributed by atoms with Crippen LogP contribution in [0.4, 0.5) is 42.5 Å². The number of amides is 3. The predicted molar refractivity (Wildman–Crippen MR) is 110 cm³/mol. The van der Waals surface area contributed by atoms with E-state index in [1.54, 1.807) is 12.1 Å². The lowest BCUT2D eigenvalue weighted by atomic mass is 10.0. The topological polar surface area (TPSA) is 143 Å². The molecule has 37 heavy (non-hydrogen) atoms. The Morgan fingerprint density at radius 2 is 1.65 bits per heavy atom. The summed E-state index contributed by atoms with van der Waals surface area (Å²) in [5.41, 5.74) is -1.87. The summed E-state index contributed by atoms with van der Waals surface area (Å²) in [4.78, 5) is 50.7. The number of ether oxygens (including phenoxy) is 1. The predicted octanol–water partition coefficient (Wildman–Crippen LogP) is 4.27. The molecule has 0 spiro atoms. The maximum Gasteiger partial charge on any atom is 0.573 e. The number of halogens is 6. The Labute approximate surface area is 203 Å². The van der Waals surface area contributed by atoms with E-state index < -0.39 is 52.3 Å². The van der Waals surface area contributed by atoms with Gasteiger partial charge in [-0.15, -0.1) is 13.2 Å². The minimum Gasteiger partial charge on any atom is -0.475 e. The van der Waals surface area contributed by atoms with Crippen LogP contribution in [0, 0.1) is 10.1 Å². The fourth-order valence-corrected chi connectivity index (χ4v) is 3.00. The molecule has 0 atom stereocenters. The highest BCUT2D eigenvalue weighted by atomic mass is 19.4. The van der Waals surface area contributed by atoms with Gasteiger partial charge in [-0.3, -0.25) is 19.9 Å². The molecule has 0 saturated carbocycles. The number of carboxylic acids is 1. The highest BCUT2D eigenvalue weighted by Crippen LogP contribution is 2.39. The molecule has 1 aliphatic rings. The zero-order valence-corrected chi connectivity index (χ0v) is 18.7. The van der Waals surface area contributed by atoms with Crippen molar-refractivity contribution in [2.45, 2.75) is 38.5 Å². The summed E-state index contributed by atoms with van der Waals surface area (Å²) in [6.45, 7) is 3.07. The van der Waals surface area contributed by atoms with Gasteiger partial charge in [0.25, 0.3) is 5.91 Å². The van der Waals surface area contributed by atoms with Crippen LogP contribution in [-0.4, -0.2) is 55.9 Å². The largest absolute Gasteiger partial charge is 0.573 e. The molecule has 3 rings (SSSR count). The zero-order valence-electron chi connectivity index (χ0n) is 18.7. The van der Waals surface area contributed by atoms with Gasteiger partial charge in [-0.2, -0.15) is 13.2 Å². The second-order valence-electron chi connectivity index (χ2n) is 7.68. The highest BCUT2D eigenvalue weighted by molar-refractivity contribution is 6.23. The van der Waals surface area contributed by atoms with E-state index in [4.69, 9.17) is 9.90 Å². The van der Waals surface area contributed by atoms with Gasteiger partial charge in [0, 0.05) is 25.0 Å². The van der Waals surface area contributed by atoms with Gasteiger partial charge in [-0.25, -0.2) is 14.5 Å². The maximum absolute atomic E-state index is 13.0. The third-order valence-electron chi connectivity index (χ3n) is 4.78. The molecule has 0 bridgehead atoms. The van der Waals surface area contributed by atoms with Crippen LogP contribution < -0.4 is 9.64 Å². The molecule has 1 fully saturated rings. The number of carboxylic acid groups (broad SMARTS) is 1. The third kappa shape index (κ3) is 6.83. The van der Waals surface area contributed by atoms with Crippen molar-refractivity contribution in [3.63, 3.8) is 0 Å². The number of rotatable bonds is 5. The van der Waals surface area contributed by atoms with Crippen molar-refractivity contribution in [3.8, 4) is 5.75 Å². The highest BCUT2D eigenvalue weighted by Gasteiger charge is 2.52. The number of pyridine rings is 1. The molecule has 0 unspecified atom stereocenters. The number of nitrogens with zero attached hydrogens (tertiary/aromatic N) is 4. The molecule has 0 aliphatic carbocycles. The SMILES string of the molecule is CC1(C)C(=O)N(c2ccc(OC(F)(F)F)c([N+](=O)[O-])c2)C(=O)N1Cc1ccncc1.O=C(O)C(F)(F)F. The number of urea groups is 1. The van der Waals surface area contributed by atoms with Gasteiger partial charge in [0.05, 0.1) is 10.6 Å². The average Bonchev–Trinajstić information content (AvgIpc) is 2.93. The van der Waals surface area contributed by atoms with Crippen LogP contribution in [0.25, 0.3) is 0 Å². The quantitative estimate of drug-likeness (QED) is 0.257. The van der Waals surface area contributed by atoms with Crippen LogP contribution in [-0.2, 0) is 16.1 Å². The summed E-state index contributed by atoms with van der Waals surface area (Å²) < 4.78 is 72.9. The molecule has 2 aromatic rings. The molecule has 1 aromatic heterocycles. The molecule has 200 valence electrons. The molecule has 11 nitrogen and oxygen atoms in total. The summed E-state index contributed by atoms with van der Waals surface area (Å²) in [7, 11) is 0. The second kappa shape index (κ2) is 10.3. The van der Waals surface area contributed by atoms with Gasteiger partial charge >= 0.3 is 30.2 Å². The van der Waals surface area contributed by atoms with Crippen molar-refractivity contribution < 1.29 is 55.5 Å². The van der Waals surface area contributed by atoms with Crippen LogP contribution >= 0.6 is 0 Å². The Balaban J connectivity index is 0.000000604. The van der Waals surface area contributed by atoms with E-state index in [1.807, 2.05) is 0 Å². The maximum atomic E-state index is 13.0. The Kier molecular flexibility index (Phi) is 8.00. The lowest BCUT2D eigenvalue weighted by Crippen LogP contribution is -2.43. The number of alkyl halides is 6. The normalized spacial score (nSPS) is 15.2. The molecule has 17 heteroatoms. The van der Waals surface area contributed by atoms with E-state index in [0.717, 1.165) is 6.07 Å². The molecule has 1 N–H and O–H groups in total. The summed E-state index contributed by atoms with van der Waals surface area (Å²) in [5.74, 6) is -4.49. The van der Waals surface area contributed by atoms with Gasteiger partial charge < -0.3 is 14.7 Å². The first-order valence-corrected chi connectivity index (χ1v) is 9.75. The standard InChI is InChI=1S/C18H15F3N4O5.C2HF3O2/c1-17(2)15(26)24(16(27)23(17)10-11-5-7-22-8-6-11)12-3-4-14(30-18(19,20)21)13(9-12)25(28)29;3-2(4,5)1(6)7/h3-9H,10H2,1-2H3;(H,6,7). The number of benzene rings is 1.